The lowest BCUT2D eigenvalue weighted by Gasteiger charge is -1.98. The van der Waals surface area contributed by atoms with Crippen LogP contribution in [0.4, 0.5) is 5.13 Å². The van der Waals surface area contributed by atoms with Crippen LogP contribution in [0.2, 0.25) is 0 Å². The van der Waals surface area contributed by atoms with Crippen LogP contribution in [0.3, 0.4) is 0 Å². The van der Waals surface area contributed by atoms with Gasteiger partial charge in [-0.25, -0.2) is 0 Å². The molecule has 0 saturated heterocycles. The number of nitrogens with one attached hydrogen (secondary N) is 1. The molecule has 0 atom stereocenters. The molecule has 18 heavy (non-hydrogen) atoms. The van der Waals surface area contributed by atoms with Gasteiger partial charge >= 0.3 is 0 Å². The molecule has 0 aromatic carbocycles. The van der Waals surface area contributed by atoms with Gasteiger partial charge in [0.2, 0.25) is 11.0 Å². The Kier molecular flexibility index (Phi) is 3.71. The molecule has 2 aromatic heterocycles. The molecule has 0 bridgehead atoms. The van der Waals surface area contributed by atoms with E-state index in [4.69, 9.17) is 0 Å². The highest BCUT2D eigenvalue weighted by Crippen LogP contribution is 2.22. The average Bonchev–Trinajstić information content (AvgIpc) is 2.88. The zero-order chi connectivity index (χ0) is 13.1. The van der Waals surface area contributed by atoms with Crippen LogP contribution in [-0.2, 0) is 18.3 Å². The predicted molar refractivity (Wildman–Crippen MR) is 69.5 cm³/mol. The maximum absolute atomic E-state index is 11.8. The van der Waals surface area contributed by atoms with Gasteiger partial charge < -0.3 is 5.32 Å². The fraction of sp³-hybridized carbons (Fsp3) is 0.455. The van der Waals surface area contributed by atoms with Crippen LogP contribution < -0.4 is 5.32 Å². The smallest absolute Gasteiger partial charge is 0.230 e. The predicted octanol–water partition coefficient (Wildman–Crippen LogP) is 1.58. The van der Waals surface area contributed by atoms with Gasteiger partial charge in [0.15, 0.2) is 0 Å². The largest absolute Gasteiger partial charge is 0.300 e. The van der Waals surface area contributed by atoms with Crippen LogP contribution in [0.5, 0.6) is 0 Å². The summed E-state index contributed by atoms with van der Waals surface area (Å²) in [6.45, 7) is 4.09. The summed E-state index contributed by atoms with van der Waals surface area (Å²) >= 11 is 1.41. The lowest BCUT2D eigenvalue weighted by molar-refractivity contribution is -0.115. The minimum atomic E-state index is -0.102. The van der Waals surface area contributed by atoms with E-state index in [0.717, 1.165) is 10.6 Å². The molecule has 96 valence electrons. The second-order valence-corrected chi connectivity index (χ2v) is 5.36. The summed E-state index contributed by atoms with van der Waals surface area (Å²) in [6.07, 6.45) is 3.79. The molecule has 0 unspecified atom stereocenters. The molecule has 0 aliphatic carbocycles. The molecular weight excluding hydrogens is 250 g/mol. The number of carbonyl (C=O) groups is 1. The Labute approximate surface area is 109 Å². The number of anilines is 1. The Bertz CT molecular complexity index is 545. The van der Waals surface area contributed by atoms with E-state index >= 15 is 0 Å². The molecule has 7 heteroatoms. The lowest BCUT2D eigenvalue weighted by atomic mass is 10.2. The lowest BCUT2D eigenvalue weighted by Crippen LogP contribution is -2.13. The highest BCUT2D eigenvalue weighted by molar-refractivity contribution is 7.15. The van der Waals surface area contributed by atoms with Crippen molar-refractivity contribution in [2.75, 3.05) is 5.32 Å². The third-order valence-corrected chi connectivity index (χ3v) is 3.44. The minimum Gasteiger partial charge on any atom is -0.300 e. The van der Waals surface area contributed by atoms with E-state index in [1.54, 1.807) is 10.9 Å². The molecule has 0 radical (unpaired) electrons. The van der Waals surface area contributed by atoms with Gasteiger partial charge in [0, 0.05) is 19.2 Å². The monoisotopic (exact) mass is 265 g/mol. The fourth-order valence-corrected chi connectivity index (χ4v) is 2.19. The van der Waals surface area contributed by atoms with Crippen molar-refractivity contribution in [3.63, 3.8) is 0 Å². The van der Waals surface area contributed by atoms with Crippen LogP contribution in [0, 0.1) is 0 Å². The van der Waals surface area contributed by atoms with Gasteiger partial charge in [-0.2, -0.15) is 5.10 Å². The van der Waals surface area contributed by atoms with E-state index < -0.39 is 0 Å². The van der Waals surface area contributed by atoms with E-state index in [1.807, 2.05) is 27.1 Å². The fourth-order valence-electron chi connectivity index (χ4n) is 1.43. The molecule has 2 rings (SSSR count). The van der Waals surface area contributed by atoms with Crippen LogP contribution >= 0.6 is 11.3 Å². The summed E-state index contributed by atoms with van der Waals surface area (Å²) in [5, 5.41) is 16.2. The van der Waals surface area contributed by atoms with Crippen LogP contribution in [0.15, 0.2) is 12.4 Å². The quantitative estimate of drug-likeness (QED) is 0.911. The first kappa shape index (κ1) is 12.7. The van der Waals surface area contributed by atoms with Crippen LogP contribution in [0.1, 0.15) is 30.3 Å². The van der Waals surface area contributed by atoms with Crippen molar-refractivity contribution < 1.29 is 4.79 Å². The van der Waals surface area contributed by atoms with E-state index in [1.165, 1.54) is 11.3 Å². The normalized spacial score (nSPS) is 10.9. The molecule has 6 nitrogen and oxygen atoms in total. The number of aryl methyl sites for hydroxylation is 1. The summed E-state index contributed by atoms with van der Waals surface area (Å²) in [6, 6.07) is 0. The van der Waals surface area contributed by atoms with Crippen molar-refractivity contribution >= 4 is 22.4 Å². The van der Waals surface area contributed by atoms with Gasteiger partial charge in [-0.05, 0) is 5.56 Å². The summed E-state index contributed by atoms with van der Waals surface area (Å²) in [5.74, 6) is 0.223. The molecule has 0 aliphatic rings. The van der Waals surface area contributed by atoms with E-state index in [2.05, 4.69) is 20.6 Å². The Morgan fingerprint density at radius 1 is 1.50 bits per heavy atom. The first-order valence-corrected chi connectivity index (χ1v) is 6.47. The Morgan fingerprint density at radius 3 is 2.83 bits per heavy atom. The highest BCUT2D eigenvalue weighted by atomic mass is 32.1. The van der Waals surface area contributed by atoms with Gasteiger partial charge in [0.1, 0.15) is 5.01 Å². The SMILES string of the molecule is CC(C)c1nnc(NC(=O)Cc2cnn(C)c2)s1. The molecule has 0 fully saturated rings. The first-order valence-electron chi connectivity index (χ1n) is 5.65. The van der Waals surface area contributed by atoms with Crippen molar-refractivity contribution in [1.82, 2.24) is 20.0 Å². The van der Waals surface area contributed by atoms with Crippen LogP contribution in [-0.4, -0.2) is 25.9 Å². The Hall–Kier alpha value is -1.76. The van der Waals surface area contributed by atoms with Gasteiger partial charge in [-0.3, -0.25) is 9.48 Å². The summed E-state index contributed by atoms with van der Waals surface area (Å²) < 4.78 is 1.67. The standard InChI is InChI=1S/C11H15N5OS/c1-7(2)10-14-15-11(18-10)13-9(17)4-8-5-12-16(3)6-8/h5-7H,4H2,1-3H3,(H,13,15,17). The zero-order valence-corrected chi connectivity index (χ0v) is 11.4. The van der Waals surface area contributed by atoms with Crippen molar-refractivity contribution in [2.24, 2.45) is 7.05 Å². The van der Waals surface area contributed by atoms with Crippen molar-refractivity contribution in [3.8, 4) is 0 Å². The molecule has 0 spiro atoms. The first-order chi connectivity index (χ1) is 8.54. The average molecular weight is 265 g/mol. The van der Waals surface area contributed by atoms with Crippen molar-refractivity contribution in [1.29, 1.82) is 0 Å². The Balaban J connectivity index is 1.94. The highest BCUT2D eigenvalue weighted by Gasteiger charge is 2.11. The van der Waals surface area contributed by atoms with Crippen molar-refractivity contribution in [2.45, 2.75) is 26.2 Å². The second kappa shape index (κ2) is 5.26. The summed E-state index contributed by atoms with van der Waals surface area (Å²) in [7, 11) is 1.82. The molecule has 0 saturated carbocycles. The topological polar surface area (TPSA) is 72.7 Å². The molecule has 2 aromatic rings. The number of carbonyl (C=O) groups excluding carboxylic acids is 1. The molecule has 2 heterocycles. The van der Waals surface area contributed by atoms with E-state index in [-0.39, 0.29) is 5.91 Å². The maximum atomic E-state index is 11.8. The number of amides is 1. The van der Waals surface area contributed by atoms with Crippen molar-refractivity contribution in [3.05, 3.63) is 23.0 Å². The van der Waals surface area contributed by atoms with Gasteiger partial charge in [0.05, 0.1) is 12.6 Å². The zero-order valence-electron chi connectivity index (χ0n) is 10.5. The van der Waals surface area contributed by atoms with Gasteiger partial charge in [-0.15, -0.1) is 10.2 Å². The minimum absolute atomic E-state index is 0.102. The Morgan fingerprint density at radius 2 is 2.28 bits per heavy atom. The molecular formula is C11H15N5OS. The van der Waals surface area contributed by atoms with Gasteiger partial charge in [-0.1, -0.05) is 25.2 Å². The number of rotatable bonds is 4. The van der Waals surface area contributed by atoms with E-state index in [9.17, 15) is 4.79 Å². The summed E-state index contributed by atoms with van der Waals surface area (Å²) in [5.41, 5.74) is 0.878. The molecule has 1 amide bonds. The number of hydrogen-bond acceptors (Lipinski definition) is 5. The maximum Gasteiger partial charge on any atom is 0.230 e. The van der Waals surface area contributed by atoms with E-state index in [0.29, 0.717) is 17.5 Å². The molecule has 1 N–H and O–H groups in total. The second-order valence-electron chi connectivity index (χ2n) is 4.35. The number of aromatic nitrogens is 4. The van der Waals surface area contributed by atoms with Crippen LogP contribution in [0.25, 0.3) is 0 Å². The third-order valence-electron chi connectivity index (χ3n) is 2.30. The number of hydrogen-bond donors (Lipinski definition) is 1. The third kappa shape index (κ3) is 3.13. The molecule has 0 aliphatic heterocycles. The van der Waals surface area contributed by atoms with Gasteiger partial charge in [0.25, 0.3) is 0 Å². The summed E-state index contributed by atoms with van der Waals surface area (Å²) in [4.78, 5) is 11.8. The number of nitrogens with zero attached hydrogens (tertiary/aromatic N) is 4.